The smallest absolute Gasteiger partial charge is 0.455 e. The molecule has 2 unspecified atom stereocenters. The van der Waals surface area contributed by atoms with Crippen molar-refractivity contribution in [2.24, 2.45) is 0 Å². The molecule has 2 aliphatic heterocycles. The fourth-order valence-electron chi connectivity index (χ4n) is 2.30. The van der Waals surface area contributed by atoms with Gasteiger partial charge in [-0.3, -0.25) is 4.52 Å². The molecule has 3 rings (SSSR count). The average Bonchev–Trinajstić information content (AvgIpc) is 3.05. The predicted octanol–water partition coefficient (Wildman–Crippen LogP) is 4.65. The van der Waals surface area contributed by atoms with Gasteiger partial charge in [0.2, 0.25) is 12.0 Å². The van der Waals surface area contributed by atoms with Crippen LogP contribution in [0.5, 0.6) is 5.75 Å². The Balaban J connectivity index is 1.66. The molecular weight excluding hydrogens is 319 g/mol. The van der Waals surface area contributed by atoms with Crippen LogP contribution in [0.15, 0.2) is 36.0 Å². The first kappa shape index (κ1) is 16.2. The van der Waals surface area contributed by atoms with Gasteiger partial charge in [0.25, 0.3) is 0 Å². The minimum atomic E-state index is -3.46. The minimum absolute atomic E-state index is 0.110. The van der Waals surface area contributed by atoms with Gasteiger partial charge >= 0.3 is 13.8 Å². The van der Waals surface area contributed by atoms with Crippen LogP contribution < -0.4 is 4.74 Å². The molecule has 2 atom stereocenters. The lowest BCUT2D eigenvalue weighted by molar-refractivity contribution is -0.0860. The van der Waals surface area contributed by atoms with Crippen molar-refractivity contribution in [1.29, 1.82) is 0 Å². The second kappa shape index (κ2) is 6.85. The summed E-state index contributed by atoms with van der Waals surface area (Å²) in [4.78, 5) is 0. The zero-order valence-electron chi connectivity index (χ0n) is 13.3. The normalized spacial score (nSPS) is 23.4. The maximum absolute atomic E-state index is 11.8. The number of hydrogen-bond donors (Lipinski definition) is 0. The Morgan fingerprint density at radius 3 is 2.57 bits per heavy atom. The molecule has 0 aromatic heterocycles. The number of hydrogen-bond acceptors (Lipinski definition) is 6. The molecule has 2 aliphatic rings. The second-order valence-corrected chi connectivity index (χ2v) is 7.11. The molecule has 0 saturated carbocycles. The summed E-state index contributed by atoms with van der Waals surface area (Å²) in [7, 11) is -3.46. The first-order valence-corrected chi connectivity index (χ1v) is 9.31. The van der Waals surface area contributed by atoms with Gasteiger partial charge in [0.1, 0.15) is 12.4 Å². The molecule has 2 heterocycles. The quantitative estimate of drug-likeness (QED) is 0.390. The summed E-state index contributed by atoms with van der Waals surface area (Å²) in [6, 6.07) is 7.74. The zero-order chi connectivity index (χ0) is 16.3. The molecule has 2 bridgehead atoms. The van der Waals surface area contributed by atoms with Gasteiger partial charge in [0, 0.05) is 6.42 Å². The summed E-state index contributed by atoms with van der Waals surface area (Å²) in [6.07, 6.45) is 3.33. The van der Waals surface area contributed by atoms with E-state index in [2.05, 4.69) is 6.92 Å². The summed E-state index contributed by atoms with van der Waals surface area (Å²) in [5.74, 6) is 1.17. The van der Waals surface area contributed by atoms with Crippen molar-refractivity contribution in [3.8, 4) is 5.75 Å². The summed E-state index contributed by atoms with van der Waals surface area (Å²) in [6.45, 7) is 4.26. The van der Waals surface area contributed by atoms with Crippen LogP contribution in [0, 0.1) is 6.92 Å². The molecule has 23 heavy (non-hydrogen) atoms. The van der Waals surface area contributed by atoms with Crippen molar-refractivity contribution in [2.75, 3.05) is 6.61 Å². The van der Waals surface area contributed by atoms with E-state index in [0.717, 1.165) is 30.6 Å². The largest absolute Gasteiger partial charge is 0.590 e. The molecule has 1 fully saturated rings. The highest BCUT2D eigenvalue weighted by Crippen LogP contribution is 2.63. The van der Waals surface area contributed by atoms with E-state index < -0.39 is 14.1 Å². The molecule has 0 radical (unpaired) electrons. The Morgan fingerprint density at radius 1 is 1.17 bits per heavy atom. The molecule has 126 valence electrons. The van der Waals surface area contributed by atoms with Gasteiger partial charge in [-0.25, -0.2) is 4.57 Å². The van der Waals surface area contributed by atoms with Crippen LogP contribution in [0.4, 0.5) is 0 Å². The topological polar surface area (TPSA) is 63.2 Å². The van der Waals surface area contributed by atoms with E-state index in [9.17, 15) is 4.57 Å². The lowest BCUT2D eigenvalue weighted by atomic mass is 10.2. The monoisotopic (exact) mass is 340 g/mol. The highest BCUT2D eigenvalue weighted by Gasteiger charge is 2.49. The first-order chi connectivity index (χ1) is 11.1. The van der Waals surface area contributed by atoms with Crippen molar-refractivity contribution in [1.82, 2.24) is 0 Å². The van der Waals surface area contributed by atoms with Gasteiger partial charge in [-0.2, -0.15) is 0 Å². The number of fused-ring (bicyclic) bond motifs is 2. The second-order valence-electron chi connectivity index (χ2n) is 5.59. The first-order valence-electron chi connectivity index (χ1n) is 7.85. The van der Waals surface area contributed by atoms with Crippen LogP contribution in [0.2, 0.25) is 0 Å². The van der Waals surface area contributed by atoms with E-state index in [1.807, 2.05) is 31.2 Å². The van der Waals surface area contributed by atoms with Crippen molar-refractivity contribution in [3.63, 3.8) is 0 Å². The van der Waals surface area contributed by atoms with Crippen LogP contribution in [0.3, 0.4) is 0 Å². The van der Waals surface area contributed by atoms with Crippen molar-refractivity contribution in [2.45, 2.75) is 45.8 Å². The molecule has 0 N–H and O–H groups in total. The molecule has 0 spiro atoms. The number of unbranched alkanes of at least 4 members (excludes halogenated alkanes) is 2. The maximum atomic E-state index is 11.8. The molecule has 1 saturated heterocycles. The molecular formula is C16H21O6P. The third-order valence-corrected chi connectivity index (χ3v) is 4.85. The van der Waals surface area contributed by atoms with Crippen molar-refractivity contribution in [3.05, 3.63) is 41.5 Å². The number of aryl methyl sites for hydroxylation is 1. The van der Waals surface area contributed by atoms with Crippen LogP contribution in [-0.2, 0) is 22.9 Å². The molecule has 0 aliphatic carbocycles. The summed E-state index contributed by atoms with van der Waals surface area (Å²) < 4.78 is 38.6. The summed E-state index contributed by atoms with van der Waals surface area (Å²) in [5, 5.41) is 0. The Labute approximate surface area is 135 Å². The third-order valence-electron chi connectivity index (χ3n) is 3.57. The predicted molar refractivity (Wildman–Crippen MR) is 83.6 cm³/mol. The van der Waals surface area contributed by atoms with Crippen LogP contribution >= 0.6 is 7.82 Å². The highest BCUT2D eigenvalue weighted by molar-refractivity contribution is 7.49. The van der Waals surface area contributed by atoms with Crippen molar-refractivity contribution >= 4 is 7.82 Å². The number of ether oxygens (including phenoxy) is 2. The Hall–Kier alpha value is -1.65. The molecule has 6 nitrogen and oxygen atoms in total. The van der Waals surface area contributed by atoms with Crippen LogP contribution in [0.1, 0.15) is 38.2 Å². The van der Waals surface area contributed by atoms with E-state index in [0.29, 0.717) is 12.2 Å². The van der Waals surface area contributed by atoms with Crippen LogP contribution in [-0.4, -0.2) is 12.9 Å². The van der Waals surface area contributed by atoms with E-state index >= 15 is 0 Å². The number of rotatable bonds is 8. The van der Waals surface area contributed by atoms with E-state index in [-0.39, 0.29) is 12.6 Å². The van der Waals surface area contributed by atoms with Crippen molar-refractivity contribution < 1.29 is 27.6 Å². The summed E-state index contributed by atoms with van der Waals surface area (Å²) >= 11 is 0. The third kappa shape index (κ3) is 4.01. The zero-order valence-corrected chi connectivity index (χ0v) is 14.2. The number of benzene rings is 1. The summed E-state index contributed by atoms with van der Waals surface area (Å²) in [5.41, 5.74) is 1.16. The molecule has 7 heteroatoms. The lowest BCUT2D eigenvalue weighted by Gasteiger charge is -2.21. The fourth-order valence-corrected chi connectivity index (χ4v) is 3.46. The highest BCUT2D eigenvalue weighted by atomic mass is 31.2. The van der Waals surface area contributed by atoms with E-state index in [1.54, 1.807) is 0 Å². The standard InChI is InChI=1S/C16H21O6P/c1-3-4-5-6-15(19-13-9-7-12(2)8-10-13)20-16-14-11-18-23(17,21-14)22-16/h7-10,15H,3-6,11H2,1-2H3. The molecule has 1 aromatic rings. The van der Waals surface area contributed by atoms with Crippen LogP contribution in [0.25, 0.3) is 0 Å². The van der Waals surface area contributed by atoms with Gasteiger partial charge in [-0.1, -0.05) is 37.5 Å². The Kier molecular flexibility index (Phi) is 4.83. The fraction of sp³-hybridized carbons (Fsp3) is 0.500. The SMILES string of the molecule is CCCCCC(OC1=C2COP(=O)(O2)O1)Oc1ccc(C)cc1. The number of phosphoric ester groups is 1. The van der Waals surface area contributed by atoms with E-state index in [1.165, 1.54) is 0 Å². The minimum Gasteiger partial charge on any atom is -0.455 e. The molecule has 0 amide bonds. The number of phosphoric acid groups is 1. The Bertz CT molecular complexity index is 624. The van der Waals surface area contributed by atoms with E-state index in [4.69, 9.17) is 23.0 Å². The van der Waals surface area contributed by atoms with Gasteiger partial charge in [-0.15, -0.1) is 0 Å². The average molecular weight is 340 g/mol. The lowest BCUT2D eigenvalue weighted by Crippen LogP contribution is -2.21. The van der Waals surface area contributed by atoms with Gasteiger partial charge in [0.05, 0.1) is 0 Å². The van der Waals surface area contributed by atoms with Gasteiger partial charge in [-0.05, 0) is 25.5 Å². The van der Waals surface area contributed by atoms with Gasteiger partial charge in [0.15, 0.2) is 0 Å². The molecule has 1 aromatic carbocycles. The Morgan fingerprint density at radius 2 is 1.96 bits per heavy atom. The van der Waals surface area contributed by atoms with Gasteiger partial charge < -0.3 is 18.5 Å². The maximum Gasteiger partial charge on any atom is 0.590 e.